The number of furan rings is 2. The summed E-state index contributed by atoms with van der Waals surface area (Å²) in [6.07, 6.45) is -3.49. The third kappa shape index (κ3) is 3.62. The Morgan fingerprint density at radius 2 is 1.63 bits per heavy atom. The van der Waals surface area contributed by atoms with Crippen LogP contribution in [0.5, 0.6) is 0 Å². The molecule has 9 nitrogen and oxygen atoms in total. The quantitative estimate of drug-likeness (QED) is 0.312. The van der Waals surface area contributed by atoms with Gasteiger partial charge < -0.3 is 24.5 Å². The summed E-state index contributed by atoms with van der Waals surface area (Å²) >= 11 is 0. The molecule has 27 heavy (non-hydrogen) atoms. The fourth-order valence-electron chi connectivity index (χ4n) is 2.64. The molecule has 1 atom stereocenters. The third-order valence-electron chi connectivity index (χ3n) is 3.75. The first-order chi connectivity index (χ1) is 11.9. The topological polar surface area (TPSA) is 154 Å². The number of halogens is 2. The van der Waals surface area contributed by atoms with Crippen molar-refractivity contribution >= 4 is 27.3 Å². The van der Waals surface area contributed by atoms with Crippen molar-refractivity contribution in [2.24, 2.45) is 0 Å². The van der Waals surface area contributed by atoms with E-state index in [0.717, 1.165) is 6.07 Å². The summed E-state index contributed by atoms with van der Waals surface area (Å²) in [5, 5.41) is 24.7. The minimum atomic E-state index is -6.05. The van der Waals surface area contributed by atoms with Gasteiger partial charge in [0.15, 0.2) is 0 Å². The number of benzene rings is 1. The van der Waals surface area contributed by atoms with Crippen LogP contribution in [-0.2, 0) is 26.1 Å². The highest BCUT2D eigenvalue weighted by Gasteiger charge is 2.54. The second-order valence-electron chi connectivity index (χ2n) is 7.02. The maximum Gasteiger partial charge on any atom is 0.430 e. The lowest BCUT2D eigenvalue weighted by molar-refractivity contribution is -0.168. The van der Waals surface area contributed by atoms with Gasteiger partial charge in [0.25, 0.3) is 6.29 Å². The van der Waals surface area contributed by atoms with Crippen molar-refractivity contribution in [2.75, 3.05) is 0 Å². The molecular weight excluding hydrogens is 394 g/mol. The predicted molar refractivity (Wildman–Crippen MR) is 85.8 cm³/mol. The molecule has 0 fully saturated rings. The van der Waals surface area contributed by atoms with Crippen LogP contribution in [0.1, 0.15) is 49.2 Å². The third-order valence-corrected chi connectivity index (χ3v) is 4.64. The zero-order valence-electron chi connectivity index (χ0n) is 14.6. The summed E-state index contributed by atoms with van der Waals surface area (Å²) in [6, 6.07) is 1.03. The van der Waals surface area contributed by atoms with Crippen molar-refractivity contribution in [1.29, 1.82) is 0 Å². The first kappa shape index (κ1) is 21.4. The van der Waals surface area contributed by atoms with Gasteiger partial charge in [-0.05, 0) is 33.8 Å². The largest absolute Gasteiger partial charge is 0.456 e. The van der Waals surface area contributed by atoms with Crippen molar-refractivity contribution < 1.29 is 51.0 Å². The van der Waals surface area contributed by atoms with Crippen molar-refractivity contribution in [3.8, 4) is 0 Å². The van der Waals surface area contributed by atoms with Gasteiger partial charge in [-0.3, -0.25) is 4.55 Å². The van der Waals surface area contributed by atoms with Crippen LogP contribution in [0.4, 0.5) is 8.78 Å². The SMILES string of the molecule is CC(C)(O)c1c(C(C)(C)O)c2oc1cc2C(=O)OC(O)C(F)(F)S(=O)(=O)O. The summed E-state index contributed by atoms with van der Waals surface area (Å²) in [5.41, 5.74) is -3.78. The molecule has 0 saturated heterocycles. The lowest BCUT2D eigenvalue weighted by Gasteiger charge is -2.26. The molecule has 0 amide bonds. The smallest absolute Gasteiger partial charge is 0.430 e. The van der Waals surface area contributed by atoms with Crippen molar-refractivity contribution in [3.05, 3.63) is 22.8 Å². The minimum absolute atomic E-state index is 0.00419. The number of fused-ring (bicyclic) bond motifs is 2. The molecule has 152 valence electrons. The van der Waals surface area contributed by atoms with Crippen LogP contribution in [0.25, 0.3) is 11.2 Å². The normalized spacial score (nSPS) is 15.3. The number of carbonyl (C=O) groups excluding carboxylic acids is 1. The van der Waals surface area contributed by atoms with Crippen LogP contribution in [0, 0.1) is 0 Å². The minimum Gasteiger partial charge on any atom is -0.456 e. The molecule has 0 aliphatic carbocycles. The molecule has 12 heteroatoms. The van der Waals surface area contributed by atoms with Gasteiger partial charge in [-0.1, -0.05) is 0 Å². The van der Waals surface area contributed by atoms with Gasteiger partial charge in [-0.25, -0.2) is 4.79 Å². The number of hydrogen-bond acceptors (Lipinski definition) is 8. The van der Waals surface area contributed by atoms with E-state index in [1.807, 2.05) is 0 Å². The monoisotopic (exact) mass is 412 g/mol. The molecule has 2 heterocycles. The first-order valence-corrected chi connectivity index (χ1v) is 8.91. The Bertz CT molecular complexity index is 964. The van der Waals surface area contributed by atoms with Gasteiger partial charge in [-0.2, -0.15) is 17.2 Å². The molecule has 2 rings (SSSR count). The Kier molecular flexibility index (Phi) is 4.82. The number of esters is 1. The van der Waals surface area contributed by atoms with Crippen LogP contribution in [-0.4, -0.2) is 45.8 Å². The van der Waals surface area contributed by atoms with E-state index in [-0.39, 0.29) is 22.3 Å². The lowest BCUT2D eigenvalue weighted by atomic mass is 9.84. The fourth-order valence-corrected chi connectivity index (χ4v) is 2.94. The second-order valence-corrected chi connectivity index (χ2v) is 8.51. The maximum atomic E-state index is 13.3. The summed E-state index contributed by atoms with van der Waals surface area (Å²) < 4.78 is 65.7. The van der Waals surface area contributed by atoms with Crippen LogP contribution in [0.2, 0.25) is 0 Å². The molecule has 1 unspecified atom stereocenters. The molecule has 0 aliphatic rings. The molecular formula is C15H18F2O9S. The molecule has 0 aliphatic heterocycles. The average molecular weight is 412 g/mol. The Morgan fingerprint density at radius 3 is 2.04 bits per heavy atom. The second kappa shape index (κ2) is 6.07. The van der Waals surface area contributed by atoms with Crippen LogP contribution in [0.15, 0.2) is 10.5 Å². The summed E-state index contributed by atoms with van der Waals surface area (Å²) in [5.74, 6) is -1.59. The Labute approximate surface area is 152 Å². The van der Waals surface area contributed by atoms with Crippen molar-refractivity contribution in [3.63, 3.8) is 0 Å². The Balaban J connectivity index is 2.49. The molecule has 2 bridgehead atoms. The Morgan fingerprint density at radius 1 is 1.15 bits per heavy atom. The fraction of sp³-hybridized carbons (Fsp3) is 0.533. The van der Waals surface area contributed by atoms with Gasteiger partial charge in [0, 0.05) is 11.1 Å². The predicted octanol–water partition coefficient (Wildman–Crippen LogP) is 1.28. The summed E-state index contributed by atoms with van der Waals surface area (Å²) in [7, 11) is -6.05. The number of carbonyl (C=O) groups is 1. The van der Waals surface area contributed by atoms with E-state index in [1.54, 1.807) is 0 Å². The highest BCUT2D eigenvalue weighted by molar-refractivity contribution is 7.86. The molecule has 0 aromatic carbocycles. The van der Waals surface area contributed by atoms with E-state index in [2.05, 4.69) is 4.74 Å². The highest BCUT2D eigenvalue weighted by atomic mass is 32.2. The van der Waals surface area contributed by atoms with Gasteiger partial charge in [0.05, 0.1) is 11.2 Å². The number of aliphatic hydroxyl groups is 3. The van der Waals surface area contributed by atoms with E-state index in [1.165, 1.54) is 27.7 Å². The van der Waals surface area contributed by atoms with Crippen LogP contribution >= 0.6 is 0 Å². The number of hydrogen-bond donors (Lipinski definition) is 4. The molecule has 0 spiro atoms. The number of rotatable bonds is 6. The van der Waals surface area contributed by atoms with E-state index in [0.29, 0.717) is 0 Å². The maximum absolute atomic E-state index is 13.3. The van der Waals surface area contributed by atoms with Crippen LogP contribution < -0.4 is 0 Å². The van der Waals surface area contributed by atoms with E-state index < -0.39 is 44.4 Å². The zero-order valence-corrected chi connectivity index (χ0v) is 15.5. The molecule has 2 aromatic rings. The van der Waals surface area contributed by atoms with Gasteiger partial charge in [0.1, 0.15) is 16.7 Å². The average Bonchev–Trinajstić information content (AvgIpc) is 3.02. The van der Waals surface area contributed by atoms with Crippen LogP contribution in [0.3, 0.4) is 0 Å². The first-order valence-electron chi connectivity index (χ1n) is 7.47. The summed E-state index contributed by atoms with van der Waals surface area (Å²) in [4.78, 5) is 12.1. The van der Waals surface area contributed by atoms with Gasteiger partial charge in [0.2, 0.25) is 0 Å². The molecule has 0 radical (unpaired) electrons. The number of alkyl halides is 2. The van der Waals surface area contributed by atoms with E-state index in [4.69, 9.17) is 8.97 Å². The molecule has 0 saturated carbocycles. The van der Waals surface area contributed by atoms with E-state index >= 15 is 0 Å². The molecule has 4 N–H and O–H groups in total. The number of aliphatic hydroxyl groups excluding tert-OH is 1. The van der Waals surface area contributed by atoms with Gasteiger partial charge >= 0.3 is 21.3 Å². The highest BCUT2D eigenvalue weighted by Crippen LogP contribution is 2.44. The lowest BCUT2D eigenvalue weighted by Crippen LogP contribution is -2.43. The van der Waals surface area contributed by atoms with Crippen molar-refractivity contribution in [1.82, 2.24) is 0 Å². The van der Waals surface area contributed by atoms with Gasteiger partial charge in [-0.15, -0.1) is 0 Å². The summed E-state index contributed by atoms with van der Waals surface area (Å²) in [6.45, 7) is 5.45. The zero-order chi connectivity index (χ0) is 21.2. The Hall–Kier alpha value is -1.86. The van der Waals surface area contributed by atoms with Crippen molar-refractivity contribution in [2.45, 2.75) is 50.4 Å². The van der Waals surface area contributed by atoms with E-state index in [9.17, 15) is 37.3 Å². The standard InChI is InChI=1S/C15H18F2O9S/c1-13(2,20)8-7-5-6(10(25-7)9(8)14(3,4)21)11(18)26-12(19)15(16,17)27(22,23)24/h5,12,19-21H,1-4H3,(H,22,23,24). The number of ether oxygens (including phenoxy) is 1. The molecule has 2 aromatic heterocycles.